The van der Waals surface area contributed by atoms with Crippen LogP contribution in [0.3, 0.4) is 0 Å². The van der Waals surface area contributed by atoms with Crippen molar-refractivity contribution in [2.24, 2.45) is 11.7 Å². The normalized spacial score (nSPS) is 22.8. The molecule has 0 radical (unpaired) electrons. The molecule has 4 N–H and O–H groups in total. The number of benzene rings is 1. The van der Waals surface area contributed by atoms with Crippen LogP contribution in [-0.2, 0) is 14.8 Å². The predicted molar refractivity (Wildman–Crippen MR) is 79.4 cm³/mol. The van der Waals surface area contributed by atoms with Crippen LogP contribution in [-0.4, -0.2) is 26.9 Å². The summed E-state index contributed by atoms with van der Waals surface area (Å²) in [7, 11) is -3.61. The van der Waals surface area contributed by atoms with Gasteiger partial charge < -0.3 is 11.1 Å². The van der Waals surface area contributed by atoms with E-state index in [0.29, 0.717) is 18.2 Å². The Morgan fingerprint density at radius 1 is 1.43 bits per heavy atom. The smallest absolute Gasteiger partial charge is 0.240 e. The molecular formula is C14H19N3O3S. The highest BCUT2D eigenvalue weighted by atomic mass is 32.2. The van der Waals surface area contributed by atoms with Gasteiger partial charge in [0.25, 0.3) is 0 Å². The van der Waals surface area contributed by atoms with Crippen molar-refractivity contribution >= 4 is 21.6 Å². The highest BCUT2D eigenvalue weighted by molar-refractivity contribution is 7.89. The molecule has 0 aromatic heterocycles. The van der Waals surface area contributed by atoms with Crippen molar-refractivity contribution in [3.8, 4) is 0 Å². The van der Waals surface area contributed by atoms with Gasteiger partial charge in [-0.25, -0.2) is 13.1 Å². The lowest BCUT2D eigenvalue weighted by Gasteiger charge is -2.16. The van der Waals surface area contributed by atoms with Crippen LogP contribution >= 0.6 is 0 Å². The minimum atomic E-state index is -3.61. The van der Waals surface area contributed by atoms with Crippen molar-refractivity contribution in [2.75, 3.05) is 11.9 Å². The molecule has 2 atom stereocenters. The Hall–Kier alpha value is -1.44. The molecule has 0 saturated heterocycles. The maximum absolute atomic E-state index is 12.4. The zero-order valence-corrected chi connectivity index (χ0v) is 12.6. The molecular weight excluding hydrogens is 290 g/mol. The van der Waals surface area contributed by atoms with Gasteiger partial charge >= 0.3 is 0 Å². The molecule has 1 fully saturated rings. The SMILES string of the molecule is CC1C(=O)Nc2ccc(S(=O)(=O)NC(CN)C3CC3)cc21. The van der Waals surface area contributed by atoms with Crippen LogP contribution in [0.1, 0.15) is 31.2 Å². The molecule has 2 unspecified atom stereocenters. The summed E-state index contributed by atoms with van der Waals surface area (Å²) >= 11 is 0. The number of rotatable bonds is 5. The van der Waals surface area contributed by atoms with Gasteiger partial charge in [-0.05, 0) is 49.4 Å². The Balaban J connectivity index is 1.88. The van der Waals surface area contributed by atoms with Gasteiger partial charge in [-0.15, -0.1) is 0 Å². The van der Waals surface area contributed by atoms with Gasteiger partial charge in [-0.1, -0.05) is 0 Å². The van der Waals surface area contributed by atoms with Gasteiger partial charge in [0.05, 0.1) is 10.8 Å². The van der Waals surface area contributed by atoms with Crippen molar-refractivity contribution in [3.63, 3.8) is 0 Å². The van der Waals surface area contributed by atoms with Gasteiger partial charge in [0.1, 0.15) is 0 Å². The number of nitrogens with one attached hydrogen (secondary N) is 2. The fourth-order valence-corrected chi connectivity index (χ4v) is 4.02. The molecule has 21 heavy (non-hydrogen) atoms. The first-order valence-electron chi connectivity index (χ1n) is 7.09. The fraction of sp³-hybridized carbons (Fsp3) is 0.500. The van der Waals surface area contributed by atoms with Crippen molar-refractivity contribution in [1.29, 1.82) is 0 Å². The molecule has 0 bridgehead atoms. The van der Waals surface area contributed by atoms with E-state index in [9.17, 15) is 13.2 Å². The Kier molecular flexibility index (Phi) is 3.51. The van der Waals surface area contributed by atoms with Crippen LogP contribution in [0.25, 0.3) is 0 Å². The van der Waals surface area contributed by atoms with Crippen LogP contribution in [0.2, 0.25) is 0 Å². The first-order valence-corrected chi connectivity index (χ1v) is 8.58. The van der Waals surface area contributed by atoms with Gasteiger partial charge in [0.2, 0.25) is 15.9 Å². The molecule has 1 amide bonds. The third-order valence-corrected chi connectivity index (χ3v) is 5.69. The number of amides is 1. The second-order valence-corrected chi connectivity index (χ2v) is 7.47. The molecule has 1 aliphatic heterocycles. The Bertz CT molecular complexity index is 683. The molecule has 2 aliphatic rings. The third kappa shape index (κ3) is 2.68. The van der Waals surface area contributed by atoms with Crippen LogP contribution in [0.4, 0.5) is 5.69 Å². The number of nitrogens with two attached hydrogens (primary N) is 1. The van der Waals surface area contributed by atoms with Gasteiger partial charge in [0, 0.05) is 18.3 Å². The summed E-state index contributed by atoms with van der Waals surface area (Å²) in [5, 5.41) is 2.73. The molecule has 1 heterocycles. The second kappa shape index (κ2) is 5.08. The summed E-state index contributed by atoms with van der Waals surface area (Å²) in [5.41, 5.74) is 7.05. The molecule has 0 spiro atoms. The summed E-state index contributed by atoms with van der Waals surface area (Å²) in [6, 6.07) is 4.51. The Morgan fingerprint density at radius 2 is 2.14 bits per heavy atom. The van der Waals surface area contributed by atoms with Crippen LogP contribution in [0.15, 0.2) is 23.1 Å². The van der Waals surface area contributed by atoms with Gasteiger partial charge in [0.15, 0.2) is 0 Å². The van der Waals surface area contributed by atoms with E-state index in [1.807, 2.05) is 0 Å². The lowest BCUT2D eigenvalue weighted by Crippen LogP contribution is -2.41. The largest absolute Gasteiger partial charge is 0.329 e. The molecule has 1 saturated carbocycles. The van der Waals surface area contributed by atoms with Crippen LogP contribution < -0.4 is 15.8 Å². The van der Waals surface area contributed by atoms with Crippen molar-refractivity contribution in [1.82, 2.24) is 4.72 Å². The predicted octanol–water partition coefficient (Wildman–Crippen LogP) is 0.758. The minimum Gasteiger partial charge on any atom is -0.329 e. The number of carbonyl (C=O) groups excluding carboxylic acids is 1. The van der Waals surface area contributed by atoms with E-state index in [1.165, 1.54) is 6.07 Å². The van der Waals surface area contributed by atoms with E-state index in [2.05, 4.69) is 10.0 Å². The topological polar surface area (TPSA) is 101 Å². The fourth-order valence-electron chi connectivity index (χ4n) is 2.66. The average molecular weight is 309 g/mol. The summed E-state index contributed by atoms with van der Waals surface area (Å²) < 4.78 is 27.6. The maximum atomic E-state index is 12.4. The minimum absolute atomic E-state index is 0.106. The monoisotopic (exact) mass is 309 g/mol. The van der Waals surface area contributed by atoms with E-state index in [-0.39, 0.29) is 22.8 Å². The summed E-state index contributed by atoms with van der Waals surface area (Å²) in [6.07, 6.45) is 2.04. The zero-order valence-electron chi connectivity index (χ0n) is 11.8. The number of fused-ring (bicyclic) bond motifs is 1. The molecule has 1 aliphatic carbocycles. The highest BCUT2D eigenvalue weighted by Gasteiger charge is 2.34. The van der Waals surface area contributed by atoms with E-state index in [0.717, 1.165) is 18.4 Å². The first kappa shape index (κ1) is 14.5. The lowest BCUT2D eigenvalue weighted by atomic mass is 10.0. The summed E-state index contributed by atoms with van der Waals surface area (Å²) in [4.78, 5) is 11.8. The Labute approximate surface area is 124 Å². The number of hydrogen-bond donors (Lipinski definition) is 3. The van der Waals surface area contributed by atoms with Crippen molar-refractivity contribution in [3.05, 3.63) is 23.8 Å². The maximum Gasteiger partial charge on any atom is 0.240 e. The van der Waals surface area contributed by atoms with E-state index < -0.39 is 10.0 Å². The van der Waals surface area contributed by atoms with Gasteiger partial charge in [-0.2, -0.15) is 0 Å². The average Bonchev–Trinajstić information content (AvgIpc) is 3.24. The van der Waals surface area contributed by atoms with E-state index in [1.54, 1.807) is 19.1 Å². The number of hydrogen-bond acceptors (Lipinski definition) is 4. The Morgan fingerprint density at radius 3 is 2.76 bits per heavy atom. The summed E-state index contributed by atoms with van der Waals surface area (Å²) in [6.45, 7) is 2.06. The third-order valence-electron chi connectivity index (χ3n) is 4.20. The van der Waals surface area contributed by atoms with Crippen molar-refractivity contribution < 1.29 is 13.2 Å². The van der Waals surface area contributed by atoms with E-state index >= 15 is 0 Å². The number of sulfonamides is 1. The van der Waals surface area contributed by atoms with Crippen LogP contribution in [0, 0.1) is 5.92 Å². The second-order valence-electron chi connectivity index (χ2n) is 5.76. The molecule has 114 valence electrons. The molecule has 7 heteroatoms. The molecule has 3 rings (SSSR count). The molecule has 1 aromatic carbocycles. The van der Waals surface area contributed by atoms with Crippen LogP contribution in [0.5, 0.6) is 0 Å². The zero-order chi connectivity index (χ0) is 15.2. The summed E-state index contributed by atoms with van der Waals surface area (Å²) in [5.74, 6) is -0.0874. The first-order chi connectivity index (χ1) is 9.92. The van der Waals surface area contributed by atoms with Gasteiger partial charge in [-0.3, -0.25) is 4.79 Å². The standard InChI is InChI=1S/C14H19N3O3S/c1-8-11-6-10(4-5-12(11)16-14(8)18)21(19,20)17-13(7-15)9-2-3-9/h4-6,8-9,13,17H,2-3,7,15H2,1H3,(H,16,18). The highest BCUT2D eigenvalue weighted by Crippen LogP contribution is 2.35. The molecule has 6 nitrogen and oxygen atoms in total. The lowest BCUT2D eigenvalue weighted by molar-refractivity contribution is -0.116. The molecule has 1 aromatic rings. The quantitative estimate of drug-likeness (QED) is 0.747. The number of anilines is 1. The van der Waals surface area contributed by atoms with E-state index in [4.69, 9.17) is 5.73 Å². The van der Waals surface area contributed by atoms with Crippen molar-refractivity contribution in [2.45, 2.75) is 36.6 Å². The number of carbonyl (C=O) groups is 1.